The highest BCUT2D eigenvalue weighted by Gasteiger charge is 2.28. The molecule has 1 heterocycles. The van der Waals surface area contributed by atoms with Crippen molar-refractivity contribution >= 4 is 11.6 Å². The largest absolute Gasteiger partial charge is 0.338 e. The number of halogens is 1. The van der Waals surface area contributed by atoms with E-state index in [2.05, 4.69) is 23.5 Å². The van der Waals surface area contributed by atoms with Crippen LogP contribution in [-0.2, 0) is 13.5 Å². The van der Waals surface area contributed by atoms with Crippen molar-refractivity contribution in [3.8, 4) is 0 Å². The average molecular weight is 269 g/mol. The van der Waals surface area contributed by atoms with Gasteiger partial charge in [-0.25, -0.2) is 4.98 Å². The third kappa shape index (κ3) is 3.50. The van der Waals surface area contributed by atoms with Crippen molar-refractivity contribution in [1.29, 1.82) is 0 Å². The topological polar surface area (TPSA) is 17.8 Å². The van der Waals surface area contributed by atoms with Crippen molar-refractivity contribution in [2.45, 2.75) is 57.2 Å². The summed E-state index contributed by atoms with van der Waals surface area (Å²) in [5.74, 6) is 2.79. The Balaban J connectivity index is 1.85. The summed E-state index contributed by atoms with van der Waals surface area (Å²) in [6.07, 6.45) is 12.7. The van der Waals surface area contributed by atoms with Gasteiger partial charge in [0.05, 0.1) is 0 Å². The van der Waals surface area contributed by atoms with Crippen molar-refractivity contribution in [3.05, 3.63) is 18.2 Å². The van der Waals surface area contributed by atoms with E-state index < -0.39 is 0 Å². The van der Waals surface area contributed by atoms with Crippen LogP contribution in [0.3, 0.4) is 0 Å². The van der Waals surface area contributed by atoms with Gasteiger partial charge in [-0.3, -0.25) is 0 Å². The van der Waals surface area contributed by atoms with Gasteiger partial charge in [-0.15, -0.1) is 11.6 Å². The van der Waals surface area contributed by atoms with Crippen LogP contribution >= 0.6 is 11.6 Å². The molecule has 1 saturated carbocycles. The van der Waals surface area contributed by atoms with Crippen LogP contribution in [0, 0.1) is 11.8 Å². The van der Waals surface area contributed by atoms with E-state index in [0.717, 1.165) is 12.3 Å². The Morgan fingerprint density at radius 2 is 2.22 bits per heavy atom. The first-order valence-corrected chi connectivity index (χ1v) is 7.74. The van der Waals surface area contributed by atoms with Gasteiger partial charge in [-0.2, -0.15) is 0 Å². The van der Waals surface area contributed by atoms with E-state index in [0.29, 0.717) is 11.3 Å². The number of alkyl halides is 1. The molecular weight excluding hydrogens is 244 g/mol. The van der Waals surface area contributed by atoms with Gasteiger partial charge >= 0.3 is 0 Å². The highest BCUT2D eigenvalue weighted by molar-refractivity contribution is 6.20. The molecule has 3 atom stereocenters. The molecule has 1 aromatic heterocycles. The van der Waals surface area contributed by atoms with Crippen LogP contribution in [0.5, 0.6) is 0 Å². The van der Waals surface area contributed by atoms with Crippen LogP contribution in [0.2, 0.25) is 0 Å². The van der Waals surface area contributed by atoms with Gasteiger partial charge < -0.3 is 4.57 Å². The van der Waals surface area contributed by atoms with Gasteiger partial charge in [0, 0.05) is 31.2 Å². The lowest BCUT2D eigenvalue weighted by Gasteiger charge is -2.33. The monoisotopic (exact) mass is 268 g/mol. The summed E-state index contributed by atoms with van der Waals surface area (Å²) in [5.41, 5.74) is 0. The second kappa shape index (κ2) is 6.60. The van der Waals surface area contributed by atoms with Gasteiger partial charge in [0.2, 0.25) is 0 Å². The Labute approximate surface area is 116 Å². The quantitative estimate of drug-likeness (QED) is 0.733. The number of imidazole rings is 1. The lowest BCUT2D eigenvalue weighted by Crippen LogP contribution is -2.26. The van der Waals surface area contributed by atoms with Crippen LogP contribution in [0.4, 0.5) is 0 Å². The molecule has 0 bridgehead atoms. The summed E-state index contributed by atoms with van der Waals surface area (Å²) in [6.45, 7) is 2.29. The SMILES string of the molecule is CCCC1CCC(Cl)C(CCc2nccn2C)C1. The second-order valence-corrected chi connectivity index (χ2v) is 6.30. The van der Waals surface area contributed by atoms with E-state index >= 15 is 0 Å². The maximum atomic E-state index is 6.50. The zero-order chi connectivity index (χ0) is 13.0. The average Bonchev–Trinajstić information content (AvgIpc) is 2.76. The minimum absolute atomic E-state index is 0.387. The smallest absolute Gasteiger partial charge is 0.108 e. The predicted molar refractivity (Wildman–Crippen MR) is 76.9 cm³/mol. The van der Waals surface area contributed by atoms with Crippen molar-refractivity contribution in [1.82, 2.24) is 9.55 Å². The molecule has 102 valence electrons. The highest BCUT2D eigenvalue weighted by Crippen LogP contribution is 2.37. The molecule has 1 aliphatic carbocycles. The Morgan fingerprint density at radius 3 is 2.89 bits per heavy atom. The summed E-state index contributed by atoms with van der Waals surface area (Å²) in [5, 5.41) is 0.387. The van der Waals surface area contributed by atoms with E-state index in [1.807, 2.05) is 12.4 Å². The molecule has 0 aromatic carbocycles. The molecule has 0 aliphatic heterocycles. The Hall–Kier alpha value is -0.500. The van der Waals surface area contributed by atoms with Crippen molar-refractivity contribution < 1.29 is 0 Å². The van der Waals surface area contributed by atoms with Crippen molar-refractivity contribution in [2.75, 3.05) is 0 Å². The molecule has 0 saturated heterocycles. The summed E-state index contributed by atoms with van der Waals surface area (Å²) < 4.78 is 2.12. The molecule has 2 nitrogen and oxygen atoms in total. The van der Waals surface area contributed by atoms with Crippen LogP contribution < -0.4 is 0 Å². The van der Waals surface area contributed by atoms with Gasteiger partial charge in [0.25, 0.3) is 0 Å². The van der Waals surface area contributed by atoms with E-state index in [4.69, 9.17) is 11.6 Å². The first kappa shape index (κ1) is 13.9. The van der Waals surface area contributed by atoms with E-state index in [9.17, 15) is 0 Å². The Bertz CT molecular complexity index is 361. The predicted octanol–water partition coefficient (Wildman–Crippen LogP) is 4.18. The molecule has 0 radical (unpaired) electrons. The molecule has 3 unspecified atom stereocenters. The molecule has 1 aliphatic rings. The molecule has 0 amide bonds. The number of aryl methyl sites for hydroxylation is 2. The highest BCUT2D eigenvalue weighted by atomic mass is 35.5. The van der Waals surface area contributed by atoms with Gasteiger partial charge in [0.15, 0.2) is 0 Å². The fourth-order valence-corrected chi connectivity index (χ4v) is 3.60. The standard InChI is InChI=1S/C15H25ClN2/c1-3-4-12-5-7-14(16)13(11-12)6-8-15-17-9-10-18(15)2/h9-10,12-14H,3-8,11H2,1-2H3. The molecular formula is C15H25ClN2. The number of aromatic nitrogens is 2. The van der Waals surface area contributed by atoms with Crippen molar-refractivity contribution in [3.63, 3.8) is 0 Å². The lowest BCUT2D eigenvalue weighted by atomic mass is 9.77. The molecule has 1 fully saturated rings. The Morgan fingerprint density at radius 1 is 1.39 bits per heavy atom. The van der Waals surface area contributed by atoms with Gasteiger partial charge in [-0.05, 0) is 37.5 Å². The Kier molecular flexibility index (Phi) is 5.11. The van der Waals surface area contributed by atoms with E-state index in [1.54, 1.807) is 0 Å². The van der Waals surface area contributed by atoms with Gasteiger partial charge in [-0.1, -0.05) is 19.8 Å². The van der Waals surface area contributed by atoms with Crippen LogP contribution in [0.25, 0.3) is 0 Å². The zero-order valence-corrected chi connectivity index (χ0v) is 12.4. The zero-order valence-electron chi connectivity index (χ0n) is 11.6. The molecule has 18 heavy (non-hydrogen) atoms. The number of rotatable bonds is 5. The number of hydrogen-bond acceptors (Lipinski definition) is 1. The van der Waals surface area contributed by atoms with E-state index in [-0.39, 0.29) is 0 Å². The van der Waals surface area contributed by atoms with Crippen LogP contribution in [0.1, 0.15) is 51.3 Å². The van der Waals surface area contributed by atoms with Gasteiger partial charge in [0.1, 0.15) is 5.82 Å². The third-order valence-corrected chi connectivity index (χ3v) is 4.93. The number of nitrogens with zero attached hydrogens (tertiary/aromatic N) is 2. The summed E-state index contributed by atoms with van der Waals surface area (Å²) in [4.78, 5) is 4.40. The lowest BCUT2D eigenvalue weighted by molar-refractivity contribution is 0.247. The fourth-order valence-electron chi connectivity index (χ4n) is 3.25. The maximum Gasteiger partial charge on any atom is 0.108 e. The second-order valence-electron chi connectivity index (χ2n) is 5.74. The first-order chi connectivity index (χ1) is 8.70. The minimum Gasteiger partial charge on any atom is -0.338 e. The molecule has 1 aromatic rings. The molecule has 2 rings (SSSR count). The minimum atomic E-state index is 0.387. The molecule has 3 heteroatoms. The maximum absolute atomic E-state index is 6.50. The number of hydrogen-bond donors (Lipinski definition) is 0. The van der Waals surface area contributed by atoms with E-state index in [1.165, 1.54) is 44.3 Å². The molecule has 0 spiro atoms. The van der Waals surface area contributed by atoms with Crippen LogP contribution in [-0.4, -0.2) is 14.9 Å². The van der Waals surface area contributed by atoms with Crippen LogP contribution in [0.15, 0.2) is 12.4 Å². The van der Waals surface area contributed by atoms with Crippen molar-refractivity contribution in [2.24, 2.45) is 18.9 Å². The fraction of sp³-hybridized carbons (Fsp3) is 0.800. The summed E-state index contributed by atoms with van der Waals surface area (Å²) >= 11 is 6.50. The molecule has 0 N–H and O–H groups in total. The third-order valence-electron chi connectivity index (χ3n) is 4.35. The normalized spacial score (nSPS) is 28.5. The summed E-state index contributed by atoms with van der Waals surface area (Å²) in [7, 11) is 2.07. The summed E-state index contributed by atoms with van der Waals surface area (Å²) in [6, 6.07) is 0. The first-order valence-electron chi connectivity index (χ1n) is 7.31.